The van der Waals surface area contributed by atoms with Crippen LogP contribution in [0.5, 0.6) is 0 Å². The Kier molecular flexibility index (Phi) is 4.87. The molecule has 0 aliphatic heterocycles. The van der Waals surface area contributed by atoms with Crippen molar-refractivity contribution in [2.24, 2.45) is 0 Å². The van der Waals surface area contributed by atoms with Crippen LogP contribution in [0.2, 0.25) is 0 Å². The minimum atomic E-state index is -4.26. The maximum absolute atomic E-state index is 10.6. The monoisotopic (exact) mass is 227 g/mol. The zero-order valence-electron chi connectivity index (χ0n) is 7.06. The number of anilines is 2. The van der Waals surface area contributed by atoms with E-state index in [1.54, 1.807) is 0 Å². The van der Waals surface area contributed by atoms with Gasteiger partial charge in [0.2, 0.25) is 0 Å². The number of hydrogen-bond donors (Lipinski definition) is 3. The molecule has 0 spiro atoms. The molecule has 0 fully saturated rings. The van der Waals surface area contributed by atoms with Gasteiger partial charge in [-0.05, 0) is 18.2 Å². The summed E-state index contributed by atoms with van der Waals surface area (Å²) in [6, 6.07) is 3.87. The summed E-state index contributed by atoms with van der Waals surface area (Å²) >= 11 is 0. The van der Waals surface area contributed by atoms with Crippen LogP contribution in [0, 0.1) is 0 Å². The van der Waals surface area contributed by atoms with Gasteiger partial charge in [-0.3, -0.25) is 4.55 Å². The third-order valence-electron chi connectivity index (χ3n) is 1.32. The molecule has 0 aromatic heterocycles. The van der Waals surface area contributed by atoms with E-state index in [9.17, 15) is 8.42 Å². The predicted octanol–water partition coefficient (Wildman–Crippen LogP) is -0.283. The van der Waals surface area contributed by atoms with Crippen molar-refractivity contribution in [1.29, 1.82) is 0 Å². The average Bonchev–Trinajstić information content (AvgIpc) is 1.92. The number of benzene rings is 1. The summed E-state index contributed by atoms with van der Waals surface area (Å²) in [6.07, 6.45) is 0. The summed E-state index contributed by atoms with van der Waals surface area (Å²) in [4.78, 5) is -0.359. The first-order valence-corrected chi connectivity index (χ1v) is 4.48. The molecule has 0 heterocycles. The van der Waals surface area contributed by atoms with Gasteiger partial charge in [0.1, 0.15) is 4.90 Å². The Morgan fingerprint density at radius 2 is 1.77 bits per heavy atom. The van der Waals surface area contributed by atoms with Crippen LogP contribution in [-0.2, 0) is 10.1 Å². The van der Waals surface area contributed by atoms with Crippen molar-refractivity contribution >= 4 is 72.9 Å². The Bertz CT molecular complexity index is 404. The second kappa shape index (κ2) is 4.74. The topological polar surface area (TPSA) is 106 Å². The summed E-state index contributed by atoms with van der Waals surface area (Å²) in [6.45, 7) is 0. The normalized spacial score (nSPS) is 10.5. The van der Waals surface area contributed by atoms with Crippen LogP contribution in [0.15, 0.2) is 23.1 Å². The van der Waals surface area contributed by atoms with Crippen LogP contribution in [0.4, 0.5) is 11.4 Å². The molecule has 0 atom stereocenters. The summed E-state index contributed by atoms with van der Waals surface area (Å²) in [5.74, 6) is 0. The summed E-state index contributed by atoms with van der Waals surface area (Å²) in [5.41, 5.74) is 10.8. The number of nitrogens with two attached hydrogens (primary N) is 2. The Morgan fingerprint density at radius 1 is 1.23 bits per heavy atom. The van der Waals surface area contributed by atoms with E-state index in [4.69, 9.17) is 16.0 Å². The van der Waals surface area contributed by atoms with Crippen LogP contribution < -0.4 is 11.5 Å². The minimum absolute atomic E-state index is 0. The maximum Gasteiger partial charge on any atom is 0.296 e. The van der Waals surface area contributed by atoms with Crippen molar-refractivity contribution in [3.05, 3.63) is 18.2 Å². The summed E-state index contributed by atoms with van der Waals surface area (Å²) in [7, 11) is -4.26. The van der Waals surface area contributed by atoms with Gasteiger partial charge in [-0.15, -0.1) is 0 Å². The average molecular weight is 227 g/mol. The SMILES string of the molecule is Nc1ccc(N)c(S(=O)(=O)O)c1.[K]. The molecule has 0 saturated carbocycles. The molecule has 13 heavy (non-hydrogen) atoms. The molecule has 7 heteroatoms. The van der Waals surface area contributed by atoms with Crippen molar-refractivity contribution in [3.63, 3.8) is 0 Å². The number of nitrogen functional groups attached to an aromatic ring is 2. The van der Waals surface area contributed by atoms with E-state index in [1.165, 1.54) is 12.1 Å². The molecular formula is C6H8KN2O3S. The van der Waals surface area contributed by atoms with Gasteiger partial charge in [-0.25, -0.2) is 0 Å². The Labute approximate surface area is 119 Å². The molecule has 1 aromatic rings. The molecule has 1 aromatic carbocycles. The smallest absolute Gasteiger partial charge is 0.296 e. The fourth-order valence-corrected chi connectivity index (χ4v) is 1.43. The van der Waals surface area contributed by atoms with E-state index in [0.29, 0.717) is 0 Å². The third kappa shape index (κ3) is 3.54. The largest absolute Gasteiger partial charge is 0.399 e. The summed E-state index contributed by atoms with van der Waals surface area (Å²) < 4.78 is 29.9. The molecule has 1 rings (SSSR count). The molecule has 0 bridgehead atoms. The minimum Gasteiger partial charge on any atom is -0.399 e. The first kappa shape index (κ1) is 13.4. The molecule has 0 aliphatic rings. The first-order chi connectivity index (χ1) is 5.41. The van der Waals surface area contributed by atoms with E-state index < -0.39 is 10.1 Å². The molecule has 0 saturated heterocycles. The van der Waals surface area contributed by atoms with Crippen molar-refractivity contribution in [2.75, 3.05) is 11.5 Å². The van der Waals surface area contributed by atoms with Gasteiger partial charge in [-0.2, -0.15) is 8.42 Å². The zero-order chi connectivity index (χ0) is 9.35. The fraction of sp³-hybridized carbons (Fsp3) is 0. The van der Waals surface area contributed by atoms with E-state index in [2.05, 4.69) is 0 Å². The molecule has 5 N–H and O–H groups in total. The molecular weight excluding hydrogens is 219 g/mol. The zero-order valence-corrected chi connectivity index (χ0v) is 11.0. The van der Waals surface area contributed by atoms with Crippen LogP contribution in [-0.4, -0.2) is 64.4 Å². The molecule has 0 aliphatic carbocycles. The Morgan fingerprint density at radius 3 is 2.15 bits per heavy atom. The van der Waals surface area contributed by atoms with Crippen molar-refractivity contribution < 1.29 is 13.0 Å². The molecule has 67 valence electrons. The van der Waals surface area contributed by atoms with Crippen molar-refractivity contribution in [1.82, 2.24) is 0 Å². The van der Waals surface area contributed by atoms with E-state index in [1.807, 2.05) is 0 Å². The van der Waals surface area contributed by atoms with Gasteiger partial charge >= 0.3 is 0 Å². The van der Waals surface area contributed by atoms with Crippen LogP contribution in [0.1, 0.15) is 0 Å². The fourth-order valence-electron chi connectivity index (χ4n) is 0.774. The second-order valence-electron chi connectivity index (χ2n) is 2.27. The first-order valence-electron chi connectivity index (χ1n) is 3.04. The molecule has 1 radical (unpaired) electrons. The van der Waals surface area contributed by atoms with Gasteiger partial charge in [0.25, 0.3) is 10.1 Å². The van der Waals surface area contributed by atoms with Crippen LogP contribution in [0.25, 0.3) is 0 Å². The van der Waals surface area contributed by atoms with E-state index >= 15 is 0 Å². The van der Waals surface area contributed by atoms with E-state index in [-0.39, 0.29) is 67.7 Å². The van der Waals surface area contributed by atoms with Gasteiger partial charge in [-0.1, -0.05) is 0 Å². The standard InChI is InChI=1S/C6H8N2O3S.K/c7-4-1-2-5(8)6(3-4)12(9,10)11;/h1-3H,7-8H2,(H,9,10,11);. The Hall–Kier alpha value is 0.366. The van der Waals surface area contributed by atoms with Crippen LogP contribution >= 0.6 is 0 Å². The quantitative estimate of drug-likeness (QED) is 0.347. The molecule has 5 nitrogen and oxygen atoms in total. The van der Waals surface area contributed by atoms with Crippen molar-refractivity contribution in [3.8, 4) is 0 Å². The van der Waals surface area contributed by atoms with E-state index in [0.717, 1.165) is 6.07 Å². The maximum atomic E-state index is 10.6. The predicted molar refractivity (Wildman–Crippen MR) is 50.8 cm³/mol. The van der Waals surface area contributed by atoms with Gasteiger partial charge in [0.05, 0.1) is 5.69 Å². The van der Waals surface area contributed by atoms with Crippen LogP contribution in [0.3, 0.4) is 0 Å². The number of hydrogen-bond acceptors (Lipinski definition) is 4. The summed E-state index contributed by atoms with van der Waals surface area (Å²) in [5, 5.41) is 0. The molecule has 0 amide bonds. The number of rotatable bonds is 1. The van der Waals surface area contributed by atoms with Crippen molar-refractivity contribution in [2.45, 2.75) is 4.90 Å². The van der Waals surface area contributed by atoms with Gasteiger partial charge in [0, 0.05) is 57.1 Å². The second-order valence-corrected chi connectivity index (χ2v) is 3.66. The molecule has 0 unspecified atom stereocenters. The third-order valence-corrected chi connectivity index (χ3v) is 2.22. The Balaban J connectivity index is 0.00000144. The van der Waals surface area contributed by atoms with Gasteiger partial charge in [0.15, 0.2) is 0 Å². The van der Waals surface area contributed by atoms with Gasteiger partial charge < -0.3 is 11.5 Å².